The fraction of sp³-hybridized carbons (Fsp3) is 0.385. The molecular weight excluding hydrogens is 346 g/mol. The van der Waals surface area contributed by atoms with E-state index in [2.05, 4.69) is 14.6 Å². The average molecular weight is 356 g/mol. The van der Waals surface area contributed by atoms with Gasteiger partial charge in [-0.2, -0.15) is 31.4 Å². The first-order valence-corrected chi connectivity index (χ1v) is 6.47. The Labute approximate surface area is 131 Å². The largest absolute Gasteiger partial charge is 0.493 e. The number of halogens is 6. The van der Waals surface area contributed by atoms with E-state index in [0.717, 1.165) is 6.07 Å². The number of hydrogen-bond acceptors (Lipinski definition) is 4. The first-order valence-electron chi connectivity index (χ1n) is 6.47. The van der Waals surface area contributed by atoms with Crippen molar-refractivity contribution in [1.29, 1.82) is 0 Å². The molecule has 0 saturated heterocycles. The average Bonchev–Trinajstić information content (AvgIpc) is 2.46. The van der Waals surface area contributed by atoms with E-state index >= 15 is 0 Å². The molecule has 1 aromatic carbocycles. The van der Waals surface area contributed by atoms with Gasteiger partial charge in [0.25, 0.3) is 0 Å². The number of nitrogens with one attached hydrogen (secondary N) is 1. The van der Waals surface area contributed by atoms with Crippen LogP contribution in [-0.2, 0) is 10.9 Å². The summed E-state index contributed by atoms with van der Waals surface area (Å²) in [5, 5.41) is 3.56. The molecule has 1 aromatic rings. The third kappa shape index (κ3) is 4.77. The lowest BCUT2D eigenvalue weighted by atomic mass is 10.1. The number of alkyl halides is 6. The van der Waals surface area contributed by atoms with Crippen LogP contribution in [0.4, 0.5) is 31.1 Å². The van der Waals surface area contributed by atoms with Gasteiger partial charge in [-0.05, 0) is 18.2 Å². The van der Waals surface area contributed by atoms with Crippen LogP contribution >= 0.6 is 0 Å². The van der Waals surface area contributed by atoms with Gasteiger partial charge in [-0.25, -0.2) is 10.2 Å². The fourth-order valence-corrected chi connectivity index (χ4v) is 1.79. The molecule has 1 aliphatic rings. The highest BCUT2D eigenvalue weighted by atomic mass is 19.4. The highest BCUT2D eigenvalue weighted by Gasteiger charge is 2.36. The smallest absolute Gasteiger partial charge is 0.428 e. The number of nitrogens with zero attached hydrogens (tertiary/aromatic N) is 1. The van der Waals surface area contributed by atoms with Gasteiger partial charge in [0.15, 0.2) is 0 Å². The summed E-state index contributed by atoms with van der Waals surface area (Å²) in [6.45, 7) is -1.27. The number of rotatable bonds is 4. The standard InChI is InChI=1S/C13H10F6N2O3/c14-12(15,16)3-4-23-10-2-1-7(5-8(10)13(17,18)19)9-6-24-11(22)21-20-9/h1-2,5H,3-4,6H2,(H,21,22). The van der Waals surface area contributed by atoms with E-state index in [1.54, 1.807) is 0 Å². The van der Waals surface area contributed by atoms with Crippen molar-refractivity contribution in [2.24, 2.45) is 5.10 Å². The van der Waals surface area contributed by atoms with Gasteiger partial charge in [0.1, 0.15) is 18.1 Å². The van der Waals surface area contributed by atoms with Crippen molar-refractivity contribution < 1.29 is 40.6 Å². The Morgan fingerprint density at radius 3 is 2.46 bits per heavy atom. The lowest BCUT2D eigenvalue weighted by Gasteiger charge is -2.18. The van der Waals surface area contributed by atoms with Crippen molar-refractivity contribution >= 4 is 11.8 Å². The Hall–Kier alpha value is -2.46. The van der Waals surface area contributed by atoms with E-state index < -0.39 is 42.8 Å². The van der Waals surface area contributed by atoms with Crippen molar-refractivity contribution in [2.75, 3.05) is 13.2 Å². The molecule has 0 saturated carbocycles. The Morgan fingerprint density at radius 2 is 1.92 bits per heavy atom. The molecule has 1 heterocycles. The van der Waals surface area contributed by atoms with Gasteiger partial charge in [0.2, 0.25) is 0 Å². The second-order valence-electron chi connectivity index (χ2n) is 4.67. The monoisotopic (exact) mass is 356 g/mol. The Morgan fingerprint density at radius 1 is 1.21 bits per heavy atom. The topological polar surface area (TPSA) is 59.9 Å². The van der Waals surface area contributed by atoms with Crippen LogP contribution in [0, 0.1) is 0 Å². The lowest BCUT2D eigenvalue weighted by molar-refractivity contribution is -0.143. The van der Waals surface area contributed by atoms with Crippen LogP contribution in [0.5, 0.6) is 5.75 Å². The van der Waals surface area contributed by atoms with Crippen molar-refractivity contribution in [2.45, 2.75) is 18.8 Å². The molecule has 1 amide bonds. The summed E-state index contributed by atoms with van der Waals surface area (Å²) in [6, 6.07) is 2.74. The minimum atomic E-state index is -4.84. The van der Waals surface area contributed by atoms with Gasteiger partial charge in [0.05, 0.1) is 18.6 Å². The molecule has 24 heavy (non-hydrogen) atoms. The lowest BCUT2D eigenvalue weighted by Crippen LogP contribution is -2.30. The summed E-state index contributed by atoms with van der Waals surface area (Å²) < 4.78 is 84.6. The number of benzene rings is 1. The summed E-state index contributed by atoms with van der Waals surface area (Å²) in [5.74, 6) is -0.725. The zero-order valence-corrected chi connectivity index (χ0v) is 11.8. The number of ether oxygens (including phenoxy) is 2. The minimum absolute atomic E-state index is 0.00880. The van der Waals surface area contributed by atoms with E-state index in [9.17, 15) is 31.1 Å². The van der Waals surface area contributed by atoms with Crippen LogP contribution in [-0.4, -0.2) is 31.2 Å². The normalized spacial score (nSPS) is 15.4. The molecule has 0 aromatic heterocycles. The fourth-order valence-electron chi connectivity index (χ4n) is 1.79. The van der Waals surface area contributed by atoms with Crippen molar-refractivity contribution in [1.82, 2.24) is 5.43 Å². The minimum Gasteiger partial charge on any atom is -0.493 e. The predicted molar refractivity (Wildman–Crippen MR) is 68.6 cm³/mol. The summed E-state index contributed by atoms with van der Waals surface area (Å²) in [5.41, 5.74) is 0.716. The molecule has 0 unspecified atom stereocenters. The number of carbonyl (C=O) groups is 1. The van der Waals surface area contributed by atoms with Crippen LogP contribution in [0.3, 0.4) is 0 Å². The maximum Gasteiger partial charge on any atom is 0.428 e. The van der Waals surface area contributed by atoms with Crippen molar-refractivity contribution in [3.05, 3.63) is 29.3 Å². The van der Waals surface area contributed by atoms with Gasteiger partial charge < -0.3 is 9.47 Å². The van der Waals surface area contributed by atoms with E-state index in [1.807, 2.05) is 5.43 Å². The highest BCUT2D eigenvalue weighted by Crippen LogP contribution is 2.37. The van der Waals surface area contributed by atoms with Gasteiger partial charge in [0, 0.05) is 5.56 Å². The van der Waals surface area contributed by atoms with Crippen molar-refractivity contribution in [3.63, 3.8) is 0 Å². The molecule has 0 aliphatic carbocycles. The zero-order chi connectivity index (χ0) is 18.0. The number of cyclic esters (lactones) is 1. The molecule has 0 spiro atoms. The predicted octanol–water partition coefficient (Wildman–Crippen LogP) is 3.48. The number of carbonyl (C=O) groups excluding carboxylic acids is 1. The maximum atomic E-state index is 13.1. The van der Waals surface area contributed by atoms with Crippen LogP contribution in [0.2, 0.25) is 0 Å². The second-order valence-corrected chi connectivity index (χ2v) is 4.67. The number of hydrazone groups is 1. The van der Waals surface area contributed by atoms with Gasteiger partial charge in [-0.15, -0.1) is 0 Å². The van der Waals surface area contributed by atoms with E-state index in [0.29, 0.717) is 6.07 Å². The molecule has 0 fully saturated rings. The van der Waals surface area contributed by atoms with E-state index in [1.165, 1.54) is 6.07 Å². The van der Waals surface area contributed by atoms with Crippen molar-refractivity contribution in [3.8, 4) is 5.75 Å². The summed E-state index contributed by atoms with van der Waals surface area (Å²) in [4.78, 5) is 10.8. The van der Waals surface area contributed by atoms with Gasteiger partial charge in [-0.3, -0.25) is 0 Å². The first-order chi connectivity index (χ1) is 11.1. The van der Waals surface area contributed by atoms with Crippen LogP contribution in [0.15, 0.2) is 23.3 Å². The zero-order valence-electron chi connectivity index (χ0n) is 11.8. The molecule has 1 aliphatic heterocycles. The molecule has 5 nitrogen and oxygen atoms in total. The van der Waals surface area contributed by atoms with Crippen LogP contribution in [0.1, 0.15) is 17.5 Å². The molecule has 0 atom stereocenters. The van der Waals surface area contributed by atoms with Crippen LogP contribution in [0.25, 0.3) is 0 Å². The van der Waals surface area contributed by atoms with Gasteiger partial charge >= 0.3 is 18.4 Å². The Kier molecular flexibility index (Phi) is 4.90. The summed E-state index contributed by atoms with van der Waals surface area (Å²) in [7, 11) is 0. The molecule has 132 valence electrons. The second kappa shape index (κ2) is 6.57. The molecule has 0 radical (unpaired) electrons. The molecular formula is C13H10F6N2O3. The first kappa shape index (κ1) is 17.9. The number of amides is 1. The molecule has 1 N–H and O–H groups in total. The molecule has 11 heteroatoms. The Balaban J connectivity index is 2.24. The van der Waals surface area contributed by atoms with Crippen LogP contribution < -0.4 is 10.2 Å². The third-order valence-electron chi connectivity index (χ3n) is 2.88. The number of hydrogen-bond donors (Lipinski definition) is 1. The van der Waals surface area contributed by atoms with Gasteiger partial charge in [-0.1, -0.05) is 0 Å². The maximum absolute atomic E-state index is 13.1. The molecule has 0 bridgehead atoms. The highest BCUT2D eigenvalue weighted by molar-refractivity contribution is 6.03. The quantitative estimate of drug-likeness (QED) is 0.841. The Bertz CT molecular complexity index is 654. The van der Waals surface area contributed by atoms with E-state index in [-0.39, 0.29) is 17.9 Å². The SMILES string of the molecule is O=C1NN=C(c2ccc(OCCC(F)(F)F)c(C(F)(F)F)c2)CO1. The summed E-state index contributed by atoms with van der Waals surface area (Å²) in [6.07, 6.45) is -11.6. The molecule has 2 rings (SSSR count). The third-order valence-corrected chi connectivity index (χ3v) is 2.88. The van der Waals surface area contributed by atoms with E-state index in [4.69, 9.17) is 0 Å². The summed E-state index contributed by atoms with van der Waals surface area (Å²) >= 11 is 0.